The number of benzene rings is 2. The predicted octanol–water partition coefficient (Wildman–Crippen LogP) is 5.30. The van der Waals surface area contributed by atoms with Crippen LogP contribution in [0.25, 0.3) is 6.08 Å². The lowest BCUT2D eigenvalue weighted by Crippen LogP contribution is -2.35. The number of carbonyl (C=O) groups is 3. The van der Waals surface area contributed by atoms with E-state index in [1.807, 2.05) is 25.1 Å². The summed E-state index contributed by atoms with van der Waals surface area (Å²) in [5.41, 5.74) is 1.56. The highest BCUT2D eigenvalue weighted by Crippen LogP contribution is 2.32. The molecule has 0 saturated carbocycles. The molecule has 2 aromatic carbocycles. The summed E-state index contributed by atoms with van der Waals surface area (Å²) in [4.78, 5) is 37.9. The van der Waals surface area contributed by atoms with E-state index in [0.717, 1.165) is 22.2 Å². The fourth-order valence-corrected chi connectivity index (χ4v) is 3.76. The summed E-state index contributed by atoms with van der Waals surface area (Å²) in [6.45, 7) is 3.55. The van der Waals surface area contributed by atoms with Crippen molar-refractivity contribution in [2.24, 2.45) is 0 Å². The molecule has 31 heavy (non-hydrogen) atoms. The largest absolute Gasteiger partial charge is 0.489 e. The second-order valence-electron chi connectivity index (χ2n) is 6.93. The zero-order valence-corrected chi connectivity index (χ0v) is 18.7. The van der Waals surface area contributed by atoms with Crippen LogP contribution in [-0.2, 0) is 20.9 Å². The molecule has 0 spiro atoms. The van der Waals surface area contributed by atoms with Crippen LogP contribution < -0.4 is 4.74 Å². The second kappa shape index (κ2) is 10.5. The van der Waals surface area contributed by atoms with Gasteiger partial charge in [-0.2, -0.15) is 0 Å². The monoisotopic (exact) mass is 459 g/mol. The van der Waals surface area contributed by atoms with E-state index in [2.05, 4.69) is 0 Å². The third-order valence-corrected chi connectivity index (χ3v) is 5.85. The fraction of sp³-hybridized carbons (Fsp3) is 0.261. The highest BCUT2D eigenvalue weighted by atomic mass is 35.5. The van der Waals surface area contributed by atoms with Crippen molar-refractivity contribution in [3.05, 3.63) is 69.6 Å². The van der Waals surface area contributed by atoms with Gasteiger partial charge in [0.15, 0.2) is 0 Å². The normalized spacial score (nSPS) is 16.0. The van der Waals surface area contributed by atoms with Crippen molar-refractivity contribution in [1.82, 2.24) is 4.90 Å². The van der Waals surface area contributed by atoms with Gasteiger partial charge in [0.1, 0.15) is 18.9 Å². The van der Waals surface area contributed by atoms with E-state index in [4.69, 9.17) is 21.1 Å². The third kappa shape index (κ3) is 6.12. The first-order valence-electron chi connectivity index (χ1n) is 9.78. The van der Waals surface area contributed by atoms with Gasteiger partial charge in [0.25, 0.3) is 11.1 Å². The molecular formula is C23H22ClNO5S. The zero-order chi connectivity index (χ0) is 22.4. The van der Waals surface area contributed by atoms with E-state index in [1.165, 1.54) is 0 Å². The highest BCUT2D eigenvalue weighted by molar-refractivity contribution is 8.18. The molecule has 0 aliphatic carbocycles. The molecule has 0 radical (unpaired) electrons. The Morgan fingerprint density at radius 3 is 2.71 bits per heavy atom. The molecule has 0 aromatic heterocycles. The standard InChI is InChI=1S/C23H22ClNO5S/c1-3-15(2)30-21(26)13-25-22(27)20(31-23(25)28)12-16-7-6-9-18(11-16)29-14-17-8-4-5-10-19(17)24/h4-12,15H,3,13-14H2,1-2H3/b20-12+/t15-/m0/s1. The van der Waals surface area contributed by atoms with Gasteiger partial charge in [-0.1, -0.05) is 48.9 Å². The summed E-state index contributed by atoms with van der Waals surface area (Å²) in [5, 5.41) is 0.127. The molecule has 8 heteroatoms. The number of hydrogen-bond acceptors (Lipinski definition) is 6. The Hall–Kier alpha value is -2.77. The number of halogens is 1. The number of ether oxygens (including phenoxy) is 2. The average Bonchev–Trinajstić information content (AvgIpc) is 3.00. The van der Waals surface area contributed by atoms with Gasteiger partial charge in [-0.3, -0.25) is 19.3 Å². The van der Waals surface area contributed by atoms with E-state index in [0.29, 0.717) is 29.4 Å². The Labute approximate surface area is 190 Å². The minimum absolute atomic E-state index is 0.240. The van der Waals surface area contributed by atoms with Crippen molar-refractivity contribution >= 4 is 46.6 Å². The first-order chi connectivity index (χ1) is 14.9. The number of imide groups is 1. The number of carbonyl (C=O) groups excluding carboxylic acids is 3. The Morgan fingerprint density at radius 1 is 1.19 bits per heavy atom. The topological polar surface area (TPSA) is 72.9 Å². The van der Waals surface area contributed by atoms with Gasteiger partial charge in [-0.05, 0) is 54.9 Å². The number of rotatable bonds is 8. The van der Waals surface area contributed by atoms with E-state index in [1.54, 1.807) is 43.3 Å². The van der Waals surface area contributed by atoms with E-state index < -0.39 is 23.7 Å². The Balaban J connectivity index is 1.67. The van der Waals surface area contributed by atoms with Crippen LogP contribution >= 0.6 is 23.4 Å². The molecule has 0 unspecified atom stereocenters. The Kier molecular flexibility index (Phi) is 7.76. The predicted molar refractivity (Wildman–Crippen MR) is 121 cm³/mol. The van der Waals surface area contributed by atoms with Crippen molar-refractivity contribution in [1.29, 1.82) is 0 Å². The zero-order valence-electron chi connectivity index (χ0n) is 17.2. The van der Waals surface area contributed by atoms with Crippen LogP contribution in [0.15, 0.2) is 53.4 Å². The van der Waals surface area contributed by atoms with Gasteiger partial charge in [0.05, 0.1) is 11.0 Å². The van der Waals surface area contributed by atoms with Gasteiger partial charge in [0.2, 0.25) is 0 Å². The first-order valence-corrected chi connectivity index (χ1v) is 11.0. The summed E-state index contributed by atoms with van der Waals surface area (Å²) in [6.07, 6.45) is 1.99. The molecule has 2 amide bonds. The molecule has 1 saturated heterocycles. The number of nitrogens with zero attached hydrogens (tertiary/aromatic N) is 1. The molecule has 6 nitrogen and oxygen atoms in total. The average molecular weight is 460 g/mol. The smallest absolute Gasteiger partial charge is 0.326 e. The highest BCUT2D eigenvalue weighted by Gasteiger charge is 2.36. The molecule has 162 valence electrons. The SMILES string of the molecule is CC[C@H](C)OC(=O)CN1C(=O)S/C(=C/c2cccc(OCc3ccccc3Cl)c2)C1=O. The van der Waals surface area contributed by atoms with E-state index in [-0.39, 0.29) is 11.0 Å². The number of thioether (sulfide) groups is 1. The fourth-order valence-electron chi connectivity index (χ4n) is 2.73. The minimum Gasteiger partial charge on any atom is -0.489 e. The summed E-state index contributed by atoms with van der Waals surface area (Å²) in [6, 6.07) is 14.6. The van der Waals surface area contributed by atoms with Crippen molar-refractivity contribution in [3.8, 4) is 5.75 Å². The van der Waals surface area contributed by atoms with Gasteiger partial charge < -0.3 is 9.47 Å². The van der Waals surface area contributed by atoms with Crippen LogP contribution in [0.1, 0.15) is 31.4 Å². The summed E-state index contributed by atoms with van der Waals surface area (Å²) >= 11 is 6.94. The first kappa shape index (κ1) is 22.9. The van der Waals surface area contributed by atoms with E-state index >= 15 is 0 Å². The quantitative estimate of drug-likeness (QED) is 0.394. The second-order valence-corrected chi connectivity index (χ2v) is 8.33. The van der Waals surface area contributed by atoms with Crippen LogP contribution in [0.2, 0.25) is 5.02 Å². The summed E-state index contributed by atoms with van der Waals surface area (Å²) in [7, 11) is 0. The molecule has 1 fully saturated rings. The van der Waals surface area contributed by atoms with Crippen molar-refractivity contribution < 1.29 is 23.9 Å². The molecule has 1 heterocycles. The molecule has 1 atom stereocenters. The van der Waals surface area contributed by atoms with Gasteiger partial charge >= 0.3 is 5.97 Å². The molecule has 2 aromatic rings. The number of esters is 1. The summed E-state index contributed by atoms with van der Waals surface area (Å²) in [5.74, 6) is -0.517. The third-order valence-electron chi connectivity index (χ3n) is 4.58. The molecule has 1 aliphatic heterocycles. The van der Waals surface area contributed by atoms with Crippen LogP contribution in [0, 0.1) is 0 Å². The van der Waals surface area contributed by atoms with Crippen LogP contribution in [0.5, 0.6) is 5.75 Å². The number of hydrogen-bond donors (Lipinski definition) is 0. The van der Waals surface area contributed by atoms with Crippen molar-refractivity contribution in [3.63, 3.8) is 0 Å². The molecular weight excluding hydrogens is 438 g/mol. The van der Waals surface area contributed by atoms with Gasteiger partial charge in [0, 0.05) is 10.6 Å². The van der Waals surface area contributed by atoms with Gasteiger partial charge in [-0.15, -0.1) is 0 Å². The molecule has 3 rings (SSSR count). The Bertz CT molecular complexity index is 1020. The minimum atomic E-state index is -0.604. The van der Waals surface area contributed by atoms with Crippen LogP contribution in [0.3, 0.4) is 0 Å². The Morgan fingerprint density at radius 2 is 1.97 bits per heavy atom. The van der Waals surface area contributed by atoms with Crippen LogP contribution in [0.4, 0.5) is 4.79 Å². The number of amides is 2. The lowest BCUT2D eigenvalue weighted by molar-refractivity contribution is -0.150. The van der Waals surface area contributed by atoms with Crippen molar-refractivity contribution in [2.75, 3.05) is 6.54 Å². The molecule has 0 N–H and O–H groups in total. The van der Waals surface area contributed by atoms with E-state index in [9.17, 15) is 14.4 Å². The lowest BCUT2D eigenvalue weighted by atomic mass is 10.2. The lowest BCUT2D eigenvalue weighted by Gasteiger charge is -2.14. The maximum Gasteiger partial charge on any atom is 0.326 e. The molecule has 0 bridgehead atoms. The maximum absolute atomic E-state index is 12.6. The molecule has 1 aliphatic rings. The van der Waals surface area contributed by atoms with Gasteiger partial charge in [-0.25, -0.2) is 0 Å². The summed E-state index contributed by atoms with van der Waals surface area (Å²) < 4.78 is 11.0. The van der Waals surface area contributed by atoms with Crippen LogP contribution in [-0.4, -0.2) is 34.7 Å². The maximum atomic E-state index is 12.6. The van der Waals surface area contributed by atoms with Crippen molar-refractivity contribution in [2.45, 2.75) is 33.0 Å².